The number of aliphatic hydroxyl groups is 1. The highest BCUT2D eigenvalue weighted by atomic mass is 16.6. The molecule has 1 saturated heterocycles. The highest BCUT2D eigenvalue weighted by Crippen LogP contribution is 2.48. The number of hydrogen-bond acceptors (Lipinski definition) is 4. The molecule has 138 valence electrons. The van der Waals surface area contributed by atoms with E-state index in [1.807, 2.05) is 42.5 Å². The van der Waals surface area contributed by atoms with Gasteiger partial charge in [0, 0.05) is 54.3 Å². The average molecular weight is 361 g/mol. The average Bonchev–Trinajstić information content (AvgIpc) is 3.17. The molecule has 0 saturated carbocycles. The van der Waals surface area contributed by atoms with Crippen LogP contribution in [0.4, 0.5) is 0 Å². The summed E-state index contributed by atoms with van der Waals surface area (Å²) < 4.78 is -0.454. The quantitative estimate of drug-likeness (QED) is 0.557. The fourth-order valence-electron chi connectivity index (χ4n) is 4.28. The second kappa shape index (κ2) is 7.19. The first kappa shape index (κ1) is 17.8. The Morgan fingerprint density at radius 2 is 1.41 bits per heavy atom. The summed E-state index contributed by atoms with van der Waals surface area (Å²) in [6.07, 6.45) is 8.35. The molecule has 1 aromatic carbocycles. The van der Waals surface area contributed by atoms with E-state index in [4.69, 9.17) is 0 Å². The molecule has 1 fully saturated rings. The van der Waals surface area contributed by atoms with Crippen molar-refractivity contribution in [1.82, 2.24) is 9.97 Å². The number of rotatable bonds is 5. The van der Waals surface area contributed by atoms with Gasteiger partial charge in [-0.05, 0) is 12.1 Å². The van der Waals surface area contributed by atoms with Crippen molar-refractivity contribution >= 4 is 0 Å². The number of benzene rings is 1. The molecule has 0 amide bonds. The minimum Gasteiger partial charge on any atom is -0.632 e. The third-order valence-corrected chi connectivity index (χ3v) is 5.51. The Morgan fingerprint density at radius 1 is 0.852 bits per heavy atom. The Labute approximate surface area is 159 Å². The predicted octanol–water partition coefficient (Wildman–Crippen LogP) is 3.56. The zero-order valence-electron chi connectivity index (χ0n) is 15.1. The summed E-state index contributed by atoms with van der Waals surface area (Å²) >= 11 is 0. The number of likely N-dealkylation sites (tertiary alicyclic amines) is 1. The van der Waals surface area contributed by atoms with Crippen LogP contribution in [0.25, 0.3) is 0 Å². The van der Waals surface area contributed by atoms with Crippen LogP contribution in [0.1, 0.15) is 35.6 Å². The SMILES string of the molecule is [O-][N+]1(C(c2ccccc2)C(O)(c2cccnc2)c2cccnc2)CCCC1. The van der Waals surface area contributed by atoms with E-state index < -0.39 is 16.3 Å². The standard InChI is InChI=1S/C22H23N3O2/c26-22(19-10-6-12-23-16-19,20-11-7-13-24-17-20)21(18-8-2-1-3-9-18)25(27)14-4-5-15-25/h1-3,6-13,16-17,21,26H,4-5,14-15H2. The van der Waals surface area contributed by atoms with Crippen molar-refractivity contribution in [3.05, 3.63) is 101 Å². The summed E-state index contributed by atoms with van der Waals surface area (Å²) in [4.78, 5) is 8.42. The van der Waals surface area contributed by atoms with Crippen LogP contribution in [0.15, 0.2) is 79.4 Å². The van der Waals surface area contributed by atoms with Gasteiger partial charge in [-0.15, -0.1) is 0 Å². The van der Waals surface area contributed by atoms with Crippen LogP contribution >= 0.6 is 0 Å². The lowest BCUT2D eigenvalue weighted by Crippen LogP contribution is -2.53. The lowest BCUT2D eigenvalue weighted by Gasteiger charge is -2.52. The maximum atomic E-state index is 13.9. The third-order valence-electron chi connectivity index (χ3n) is 5.51. The van der Waals surface area contributed by atoms with Crippen LogP contribution in [0.3, 0.4) is 0 Å². The van der Waals surface area contributed by atoms with Crippen molar-refractivity contribution in [2.75, 3.05) is 13.1 Å². The molecule has 1 unspecified atom stereocenters. The highest BCUT2D eigenvalue weighted by Gasteiger charge is 2.51. The van der Waals surface area contributed by atoms with Crippen molar-refractivity contribution in [3.63, 3.8) is 0 Å². The molecule has 27 heavy (non-hydrogen) atoms. The smallest absolute Gasteiger partial charge is 0.174 e. The molecule has 1 aliphatic rings. The molecule has 0 spiro atoms. The molecule has 5 nitrogen and oxygen atoms in total. The number of pyridine rings is 2. The first-order valence-corrected chi connectivity index (χ1v) is 9.31. The van der Waals surface area contributed by atoms with Gasteiger partial charge in [-0.2, -0.15) is 0 Å². The lowest BCUT2D eigenvalue weighted by molar-refractivity contribution is -0.908. The summed E-state index contributed by atoms with van der Waals surface area (Å²) in [5.74, 6) is 0. The fraction of sp³-hybridized carbons (Fsp3) is 0.273. The third kappa shape index (κ3) is 3.14. The van der Waals surface area contributed by atoms with Crippen molar-refractivity contribution in [2.24, 2.45) is 0 Å². The summed E-state index contributed by atoms with van der Waals surface area (Å²) in [7, 11) is 0. The minimum absolute atomic E-state index is 0.454. The summed E-state index contributed by atoms with van der Waals surface area (Å²) in [6, 6.07) is 16.2. The van der Waals surface area contributed by atoms with Crippen molar-refractivity contribution in [3.8, 4) is 0 Å². The predicted molar refractivity (Wildman–Crippen MR) is 103 cm³/mol. The Hall–Kier alpha value is -2.60. The Kier molecular flexibility index (Phi) is 4.74. The van der Waals surface area contributed by atoms with E-state index in [0.717, 1.165) is 18.4 Å². The molecule has 1 aliphatic heterocycles. The van der Waals surface area contributed by atoms with Crippen LogP contribution in [-0.2, 0) is 5.60 Å². The fourth-order valence-corrected chi connectivity index (χ4v) is 4.28. The topological polar surface area (TPSA) is 69.1 Å². The Bertz CT molecular complexity index is 826. The van der Waals surface area contributed by atoms with Crippen LogP contribution in [-0.4, -0.2) is 32.8 Å². The van der Waals surface area contributed by atoms with Gasteiger partial charge in [-0.3, -0.25) is 9.97 Å². The van der Waals surface area contributed by atoms with Gasteiger partial charge in [-0.25, -0.2) is 0 Å². The lowest BCUT2D eigenvalue weighted by atomic mass is 9.77. The molecule has 0 aliphatic carbocycles. The first-order valence-electron chi connectivity index (χ1n) is 9.31. The van der Waals surface area contributed by atoms with Gasteiger partial charge in [-0.1, -0.05) is 42.5 Å². The van der Waals surface area contributed by atoms with Gasteiger partial charge < -0.3 is 15.0 Å². The number of nitrogens with zero attached hydrogens (tertiary/aromatic N) is 3. The number of hydroxylamine groups is 3. The molecule has 5 heteroatoms. The van der Waals surface area contributed by atoms with Crippen LogP contribution in [0, 0.1) is 5.21 Å². The molecule has 0 bridgehead atoms. The van der Waals surface area contributed by atoms with Gasteiger partial charge >= 0.3 is 0 Å². The first-order chi connectivity index (χ1) is 13.1. The van der Waals surface area contributed by atoms with E-state index in [0.29, 0.717) is 24.2 Å². The number of aromatic nitrogens is 2. The second-order valence-corrected chi connectivity index (χ2v) is 7.17. The maximum Gasteiger partial charge on any atom is 0.174 e. The van der Waals surface area contributed by atoms with Crippen molar-refractivity contribution in [1.29, 1.82) is 0 Å². The zero-order chi connectivity index (χ0) is 18.7. The van der Waals surface area contributed by atoms with Gasteiger partial charge in [0.1, 0.15) is 0 Å². The van der Waals surface area contributed by atoms with E-state index >= 15 is 0 Å². The van der Waals surface area contributed by atoms with E-state index in [1.165, 1.54) is 0 Å². The van der Waals surface area contributed by atoms with Gasteiger partial charge in [0.2, 0.25) is 0 Å². The Balaban J connectivity index is 1.98. The molecule has 3 aromatic rings. The van der Waals surface area contributed by atoms with Gasteiger partial charge in [0.25, 0.3) is 0 Å². The van der Waals surface area contributed by atoms with Crippen molar-refractivity contribution < 1.29 is 9.75 Å². The molecular weight excluding hydrogens is 338 g/mol. The summed E-state index contributed by atoms with van der Waals surface area (Å²) in [5, 5.41) is 26.1. The monoisotopic (exact) mass is 361 g/mol. The van der Waals surface area contributed by atoms with Crippen molar-refractivity contribution in [2.45, 2.75) is 24.5 Å². The molecule has 1 N–H and O–H groups in total. The van der Waals surface area contributed by atoms with E-state index in [2.05, 4.69) is 9.97 Å². The van der Waals surface area contributed by atoms with E-state index in [1.54, 1.807) is 36.9 Å². The van der Waals surface area contributed by atoms with Crippen LogP contribution < -0.4 is 0 Å². The van der Waals surface area contributed by atoms with E-state index in [-0.39, 0.29) is 0 Å². The largest absolute Gasteiger partial charge is 0.632 e. The molecule has 4 rings (SSSR count). The van der Waals surface area contributed by atoms with Gasteiger partial charge in [0.15, 0.2) is 11.6 Å². The molecule has 0 radical (unpaired) electrons. The molecular formula is C22H23N3O2. The molecule has 1 atom stereocenters. The van der Waals surface area contributed by atoms with Crippen LogP contribution in [0.5, 0.6) is 0 Å². The normalized spacial score (nSPS) is 17.6. The minimum atomic E-state index is -1.53. The van der Waals surface area contributed by atoms with Gasteiger partial charge in [0.05, 0.1) is 13.1 Å². The number of hydrogen-bond donors (Lipinski definition) is 1. The Morgan fingerprint density at radius 3 is 1.89 bits per heavy atom. The van der Waals surface area contributed by atoms with E-state index in [9.17, 15) is 10.3 Å². The second-order valence-electron chi connectivity index (χ2n) is 7.17. The zero-order valence-corrected chi connectivity index (χ0v) is 15.1. The summed E-state index contributed by atoms with van der Waals surface area (Å²) in [5.41, 5.74) is 0.500. The maximum absolute atomic E-state index is 13.9. The summed E-state index contributed by atoms with van der Waals surface area (Å²) in [6.45, 7) is 0.977. The number of quaternary nitrogens is 1. The molecule has 2 aromatic heterocycles. The molecule has 3 heterocycles. The highest BCUT2D eigenvalue weighted by molar-refractivity contribution is 5.38. The van der Waals surface area contributed by atoms with Crippen LogP contribution in [0.2, 0.25) is 0 Å².